The molecular weight excluding hydrogens is 288 g/mol. The van der Waals surface area contributed by atoms with E-state index in [1.165, 1.54) is 0 Å². The van der Waals surface area contributed by atoms with E-state index in [2.05, 4.69) is 15.7 Å². The molecule has 21 heavy (non-hydrogen) atoms. The van der Waals surface area contributed by atoms with E-state index in [1.807, 2.05) is 24.3 Å². The molecule has 7 heteroatoms. The first-order valence-electron chi connectivity index (χ1n) is 6.56. The molecule has 0 saturated heterocycles. The molecule has 1 heterocycles. The molecule has 0 aliphatic carbocycles. The standard InChI is InChI=1S/C14H18N4O2S/c1-21(20)8-4-7-16-14(19)13-9-12(18-15)10-5-2-3-6-11(10)17-13/h2-3,5-6,9H,4,7-8,15H2,1H3,(H,16,19)(H,17,18). The average molecular weight is 306 g/mol. The number of nitrogens with one attached hydrogen (secondary N) is 2. The zero-order valence-corrected chi connectivity index (χ0v) is 12.6. The quantitative estimate of drug-likeness (QED) is 0.420. The van der Waals surface area contributed by atoms with Crippen LogP contribution in [0.5, 0.6) is 0 Å². The SMILES string of the molecule is CS(=O)CCCNC(=O)c1cc(NN)c2ccccc2n1. The molecule has 4 N–H and O–H groups in total. The van der Waals surface area contributed by atoms with Crippen molar-refractivity contribution in [3.05, 3.63) is 36.0 Å². The topological polar surface area (TPSA) is 97.1 Å². The lowest BCUT2D eigenvalue weighted by atomic mass is 10.1. The van der Waals surface area contributed by atoms with E-state index < -0.39 is 10.8 Å². The molecule has 1 aromatic carbocycles. The van der Waals surface area contributed by atoms with Crippen molar-refractivity contribution in [3.8, 4) is 0 Å². The van der Waals surface area contributed by atoms with E-state index in [4.69, 9.17) is 5.84 Å². The third-order valence-corrected chi connectivity index (χ3v) is 3.86. The molecule has 1 unspecified atom stereocenters. The summed E-state index contributed by atoms with van der Waals surface area (Å²) in [5, 5.41) is 3.63. The predicted molar refractivity (Wildman–Crippen MR) is 85.4 cm³/mol. The maximum atomic E-state index is 12.1. The number of hydrogen-bond donors (Lipinski definition) is 3. The minimum absolute atomic E-state index is 0.265. The van der Waals surface area contributed by atoms with Gasteiger partial charge < -0.3 is 10.7 Å². The highest BCUT2D eigenvalue weighted by atomic mass is 32.2. The van der Waals surface area contributed by atoms with E-state index >= 15 is 0 Å². The number of fused-ring (bicyclic) bond motifs is 1. The Bertz CT molecular complexity index is 675. The molecule has 0 aliphatic heterocycles. The van der Waals surface area contributed by atoms with Crippen molar-refractivity contribution in [1.82, 2.24) is 10.3 Å². The summed E-state index contributed by atoms with van der Waals surface area (Å²) in [6, 6.07) is 9.07. The number of anilines is 1. The monoisotopic (exact) mass is 306 g/mol. The van der Waals surface area contributed by atoms with Gasteiger partial charge in [0.1, 0.15) is 5.69 Å². The maximum Gasteiger partial charge on any atom is 0.269 e. The van der Waals surface area contributed by atoms with Crippen molar-refractivity contribution in [2.45, 2.75) is 6.42 Å². The smallest absolute Gasteiger partial charge is 0.269 e. The summed E-state index contributed by atoms with van der Waals surface area (Å²) in [6.07, 6.45) is 2.32. The number of para-hydroxylation sites is 1. The molecule has 2 rings (SSSR count). The molecule has 0 aliphatic rings. The van der Waals surface area contributed by atoms with Gasteiger partial charge in [-0.25, -0.2) is 4.98 Å². The Kier molecular flexibility index (Phi) is 5.24. The molecule has 6 nitrogen and oxygen atoms in total. The molecule has 112 valence electrons. The third kappa shape index (κ3) is 3.99. The Morgan fingerprint density at radius 1 is 1.38 bits per heavy atom. The van der Waals surface area contributed by atoms with Gasteiger partial charge in [-0.05, 0) is 18.6 Å². The lowest BCUT2D eigenvalue weighted by Crippen LogP contribution is -2.26. The van der Waals surface area contributed by atoms with E-state index in [9.17, 15) is 9.00 Å². The summed E-state index contributed by atoms with van der Waals surface area (Å²) in [5.41, 5.74) is 4.25. The van der Waals surface area contributed by atoms with Crippen LogP contribution < -0.4 is 16.6 Å². The minimum atomic E-state index is -0.842. The van der Waals surface area contributed by atoms with Gasteiger partial charge in [0.15, 0.2) is 0 Å². The fourth-order valence-electron chi connectivity index (χ4n) is 1.98. The van der Waals surface area contributed by atoms with Gasteiger partial charge in [-0.15, -0.1) is 0 Å². The summed E-state index contributed by atoms with van der Waals surface area (Å²) in [6.45, 7) is 0.471. The highest BCUT2D eigenvalue weighted by molar-refractivity contribution is 7.84. The zero-order valence-electron chi connectivity index (χ0n) is 11.8. The molecule has 0 bridgehead atoms. The van der Waals surface area contributed by atoms with Crippen molar-refractivity contribution in [1.29, 1.82) is 0 Å². The first-order valence-corrected chi connectivity index (χ1v) is 8.29. The van der Waals surface area contributed by atoms with Crippen molar-refractivity contribution in [2.24, 2.45) is 5.84 Å². The normalized spacial score (nSPS) is 12.1. The Labute approximate surface area is 125 Å². The molecule has 1 atom stereocenters. The molecule has 0 saturated carbocycles. The summed E-state index contributed by atoms with van der Waals surface area (Å²) in [4.78, 5) is 16.4. The number of amides is 1. The first kappa shape index (κ1) is 15.4. The fourth-order valence-corrected chi connectivity index (χ4v) is 2.53. The van der Waals surface area contributed by atoms with Gasteiger partial charge in [-0.3, -0.25) is 14.8 Å². The molecule has 0 radical (unpaired) electrons. The summed E-state index contributed by atoms with van der Waals surface area (Å²) < 4.78 is 11.0. The number of aromatic nitrogens is 1. The highest BCUT2D eigenvalue weighted by Gasteiger charge is 2.11. The van der Waals surface area contributed by atoms with Crippen LogP contribution >= 0.6 is 0 Å². The zero-order chi connectivity index (χ0) is 15.2. The molecular formula is C14H18N4O2S. The van der Waals surface area contributed by atoms with Crippen LogP contribution in [0.2, 0.25) is 0 Å². The van der Waals surface area contributed by atoms with Gasteiger partial charge in [0.25, 0.3) is 5.91 Å². The molecule has 1 aromatic heterocycles. The van der Waals surface area contributed by atoms with Gasteiger partial charge >= 0.3 is 0 Å². The third-order valence-electron chi connectivity index (χ3n) is 3.00. The van der Waals surface area contributed by atoms with E-state index in [1.54, 1.807) is 12.3 Å². The van der Waals surface area contributed by atoms with Gasteiger partial charge in [-0.1, -0.05) is 18.2 Å². The Hall–Kier alpha value is -1.99. The minimum Gasteiger partial charge on any atom is -0.351 e. The van der Waals surface area contributed by atoms with Gasteiger partial charge in [-0.2, -0.15) is 0 Å². The maximum absolute atomic E-state index is 12.1. The number of carbonyl (C=O) groups is 1. The van der Waals surface area contributed by atoms with Crippen LogP contribution in [0.1, 0.15) is 16.9 Å². The highest BCUT2D eigenvalue weighted by Crippen LogP contribution is 2.22. The van der Waals surface area contributed by atoms with Crippen LogP contribution in [0.3, 0.4) is 0 Å². The van der Waals surface area contributed by atoms with Crippen LogP contribution in [-0.4, -0.2) is 33.7 Å². The van der Waals surface area contributed by atoms with Gasteiger partial charge in [0.2, 0.25) is 0 Å². The van der Waals surface area contributed by atoms with Crippen molar-refractivity contribution in [3.63, 3.8) is 0 Å². The fraction of sp³-hybridized carbons (Fsp3) is 0.286. The predicted octanol–water partition coefficient (Wildman–Crippen LogP) is 1.02. The van der Waals surface area contributed by atoms with Gasteiger partial charge in [0.05, 0.1) is 11.2 Å². The second-order valence-corrected chi connectivity index (χ2v) is 6.16. The van der Waals surface area contributed by atoms with E-state index in [-0.39, 0.29) is 5.91 Å². The largest absolute Gasteiger partial charge is 0.351 e. The number of hydrazine groups is 1. The Morgan fingerprint density at radius 3 is 2.86 bits per heavy atom. The van der Waals surface area contributed by atoms with Crippen LogP contribution in [0.4, 0.5) is 5.69 Å². The molecule has 2 aromatic rings. The van der Waals surface area contributed by atoms with Crippen LogP contribution in [0.15, 0.2) is 30.3 Å². The van der Waals surface area contributed by atoms with Crippen LogP contribution in [0.25, 0.3) is 10.9 Å². The van der Waals surface area contributed by atoms with Crippen LogP contribution in [0, 0.1) is 0 Å². The van der Waals surface area contributed by atoms with Crippen molar-refractivity contribution >= 4 is 33.3 Å². The molecule has 0 spiro atoms. The number of hydrogen-bond acceptors (Lipinski definition) is 5. The first-order chi connectivity index (χ1) is 10.1. The second kappa shape index (κ2) is 7.14. The number of carbonyl (C=O) groups excluding carboxylic acids is 1. The number of nitrogens with two attached hydrogens (primary N) is 1. The van der Waals surface area contributed by atoms with Gasteiger partial charge in [0, 0.05) is 34.7 Å². The number of pyridine rings is 1. The lowest BCUT2D eigenvalue weighted by Gasteiger charge is -2.09. The Morgan fingerprint density at radius 2 is 2.14 bits per heavy atom. The number of benzene rings is 1. The summed E-state index contributed by atoms with van der Waals surface area (Å²) in [5.74, 6) is 5.80. The summed E-state index contributed by atoms with van der Waals surface area (Å²) >= 11 is 0. The second-order valence-electron chi connectivity index (χ2n) is 4.60. The average Bonchev–Trinajstić information content (AvgIpc) is 2.50. The molecule has 0 fully saturated rings. The van der Waals surface area contributed by atoms with Crippen molar-refractivity contribution in [2.75, 3.05) is 24.0 Å². The number of rotatable bonds is 6. The van der Waals surface area contributed by atoms with Crippen molar-refractivity contribution < 1.29 is 9.00 Å². The number of nitrogen functional groups attached to an aromatic ring is 1. The lowest BCUT2D eigenvalue weighted by molar-refractivity contribution is 0.0949. The van der Waals surface area contributed by atoms with E-state index in [0.29, 0.717) is 35.6 Å². The van der Waals surface area contributed by atoms with Crippen LogP contribution in [-0.2, 0) is 10.8 Å². The summed E-state index contributed by atoms with van der Waals surface area (Å²) in [7, 11) is -0.842. The molecule has 1 amide bonds. The Balaban J connectivity index is 2.14. The number of nitrogens with zero attached hydrogens (tertiary/aromatic N) is 1. The van der Waals surface area contributed by atoms with E-state index in [0.717, 1.165) is 5.39 Å².